The molecule has 1 aromatic rings. The van der Waals surface area contributed by atoms with Crippen molar-refractivity contribution in [3.05, 3.63) is 29.8 Å². The third-order valence-electron chi connectivity index (χ3n) is 3.48. The van der Waals surface area contributed by atoms with Gasteiger partial charge in [0.1, 0.15) is 0 Å². The van der Waals surface area contributed by atoms with E-state index in [0.29, 0.717) is 11.5 Å². The Bertz CT molecular complexity index is 376. The molecule has 1 aromatic carbocycles. The summed E-state index contributed by atoms with van der Waals surface area (Å²) in [6, 6.07) is 9.36. The van der Waals surface area contributed by atoms with Gasteiger partial charge in [-0.15, -0.1) is 0 Å². The Hall–Kier alpha value is -1.02. The molecule has 0 aromatic heterocycles. The van der Waals surface area contributed by atoms with Crippen LogP contribution in [0.3, 0.4) is 0 Å². The van der Waals surface area contributed by atoms with Gasteiger partial charge in [-0.1, -0.05) is 32.9 Å². The molecule has 17 heavy (non-hydrogen) atoms. The maximum absolute atomic E-state index is 3.46. The fraction of sp³-hybridized carbons (Fsp3) is 0.600. The summed E-state index contributed by atoms with van der Waals surface area (Å²) in [6.07, 6.45) is 0. The Morgan fingerprint density at radius 1 is 1.35 bits per heavy atom. The first-order chi connectivity index (χ1) is 8.02. The van der Waals surface area contributed by atoms with Gasteiger partial charge in [0.05, 0.1) is 0 Å². The summed E-state index contributed by atoms with van der Waals surface area (Å²) in [5, 5.41) is 3.46. The molecule has 0 bridgehead atoms. The first-order valence-corrected chi connectivity index (χ1v) is 6.60. The normalized spacial score (nSPS) is 19.9. The second-order valence-corrected chi connectivity index (χ2v) is 5.89. The van der Waals surface area contributed by atoms with Crippen molar-refractivity contribution in [1.82, 2.24) is 5.32 Å². The number of benzene rings is 1. The predicted molar refractivity (Wildman–Crippen MR) is 74.5 cm³/mol. The lowest BCUT2D eigenvalue weighted by Crippen LogP contribution is -2.53. The number of anilines is 1. The number of hydrogen-bond acceptors (Lipinski definition) is 2. The summed E-state index contributed by atoms with van der Waals surface area (Å²) in [7, 11) is 0. The minimum atomic E-state index is 0.439. The molecule has 0 saturated carbocycles. The van der Waals surface area contributed by atoms with Crippen LogP contribution in [-0.2, 0) is 0 Å². The molecular formula is C15H24N2. The van der Waals surface area contributed by atoms with E-state index < -0.39 is 0 Å². The van der Waals surface area contributed by atoms with Gasteiger partial charge in [0.15, 0.2) is 0 Å². The zero-order chi connectivity index (χ0) is 12.5. The van der Waals surface area contributed by atoms with E-state index in [1.54, 1.807) is 0 Å². The highest BCUT2D eigenvalue weighted by Crippen LogP contribution is 2.34. The topological polar surface area (TPSA) is 15.3 Å². The first-order valence-electron chi connectivity index (χ1n) is 6.60. The lowest BCUT2D eigenvalue weighted by atomic mass is 9.84. The molecule has 1 aliphatic heterocycles. The van der Waals surface area contributed by atoms with Crippen molar-refractivity contribution >= 4 is 5.69 Å². The van der Waals surface area contributed by atoms with E-state index in [4.69, 9.17) is 0 Å². The zero-order valence-electron chi connectivity index (χ0n) is 11.5. The van der Waals surface area contributed by atoms with Crippen LogP contribution < -0.4 is 10.2 Å². The predicted octanol–water partition coefficient (Wildman–Crippen LogP) is 3.20. The molecule has 1 atom stereocenters. The van der Waals surface area contributed by atoms with Crippen molar-refractivity contribution in [2.75, 3.05) is 24.5 Å². The smallest absolute Gasteiger partial charge is 0.0369 e. The van der Waals surface area contributed by atoms with Crippen molar-refractivity contribution in [2.45, 2.75) is 33.7 Å². The SMILES string of the molecule is CCNC(C)c1cccc(N2CC(C)(C)C2)c1. The Morgan fingerprint density at radius 2 is 2.06 bits per heavy atom. The van der Waals surface area contributed by atoms with E-state index in [0.717, 1.165) is 6.54 Å². The highest BCUT2D eigenvalue weighted by atomic mass is 15.2. The second-order valence-electron chi connectivity index (χ2n) is 5.89. The van der Waals surface area contributed by atoms with E-state index in [1.165, 1.54) is 24.3 Å². The van der Waals surface area contributed by atoms with Crippen molar-refractivity contribution in [2.24, 2.45) is 5.41 Å². The third kappa shape index (κ3) is 2.81. The molecule has 2 nitrogen and oxygen atoms in total. The van der Waals surface area contributed by atoms with Gasteiger partial charge in [-0.3, -0.25) is 0 Å². The summed E-state index contributed by atoms with van der Waals surface area (Å²) in [6.45, 7) is 12.4. The van der Waals surface area contributed by atoms with E-state index in [-0.39, 0.29) is 0 Å². The molecule has 94 valence electrons. The quantitative estimate of drug-likeness (QED) is 0.857. The molecule has 1 heterocycles. The highest BCUT2D eigenvalue weighted by molar-refractivity contribution is 5.52. The van der Waals surface area contributed by atoms with Gasteiger partial charge in [0.2, 0.25) is 0 Å². The maximum Gasteiger partial charge on any atom is 0.0369 e. The number of nitrogens with one attached hydrogen (secondary N) is 1. The van der Waals surface area contributed by atoms with Gasteiger partial charge in [-0.25, -0.2) is 0 Å². The molecule has 1 N–H and O–H groups in total. The molecule has 1 unspecified atom stereocenters. The summed E-state index contributed by atoms with van der Waals surface area (Å²) >= 11 is 0. The third-order valence-corrected chi connectivity index (χ3v) is 3.48. The number of hydrogen-bond donors (Lipinski definition) is 1. The lowest BCUT2D eigenvalue weighted by Gasteiger charge is -2.47. The van der Waals surface area contributed by atoms with Gasteiger partial charge in [-0.05, 0) is 36.6 Å². The van der Waals surface area contributed by atoms with Crippen LogP contribution in [0, 0.1) is 5.41 Å². The molecule has 1 aliphatic rings. The fourth-order valence-corrected chi connectivity index (χ4v) is 2.58. The Kier molecular flexibility index (Phi) is 3.43. The molecule has 0 amide bonds. The first kappa shape index (κ1) is 12.4. The van der Waals surface area contributed by atoms with Crippen molar-refractivity contribution in [3.63, 3.8) is 0 Å². The minimum absolute atomic E-state index is 0.439. The Labute approximate surface area is 105 Å². The average Bonchev–Trinajstić information content (AvgIpc) is 2.26. The molecule has 2 heteroatoms. The lowest BCUT2D eigenvalue weighted by molar-refractivity contribution is 0.276. The Balaban J connectivity index is 2.07. The molecular weight excluding hydrogens is 208 g/mol. The zero-order valence-corrected chi connectivity index (χ0v) is 11.5. The summed E-state index contributed by atoms with van der Waals surface area (Å²) < 4.78 is 0. The summed E-state index contributed by atoms with van der Waals surface area (Å²) in [4.78, 5) is 2.46. The highest BCUT2D eigenvalue weighted by Gasteiger charge is 2.34. The van der Waals surface area contributed by atoms with E-state index in [9.17, 15) is 0 Å². The summed E-state index contributed by atoms with van der Waals surface area (Å²) in [5.41, 5.74) is 3.24. The largest absolute Gasteiger partial charge is 0.370 e. The maximum atomic E-state index is 3.46. The number of rotatable bonds is 4. The van der Waals surface area contributed by atoms with Crippen molar-refractivity contribution in [3.8, 4) is 0 Å². The van der Waals surface area contributed by atoms with Crippen LogP contribution in [0.15, 0.2) is 24.3 Å². The van der Waals surface area contributed by atoms with Crippen LogP contribution >= 0.6 is 0 Å². The molecule has 0 radical (unpaired) electrons. The van der Waals surface area contributed by atoms with Gasteiger partial charge < -0.3 is 10.2 Å². The van der Waals surface area contributed by atoms with Crippen molar-refractivity contribution in [1.29, 1.82) is 0 Å². The fourth-order valence-electron chi connectivity index (χ4n) is 2.58. The van der Waals surface area contributed by atoms with Crippen LogP contribution in [0.25, 0.3) is 0 Å². The van der Waals surface area contributed by atoms with E-state index in [2.05, 4.69) is 62.2 Å². The standard InChI is InChI=1S/C15H24N2/c1-5-16-12(2)13-7-6-8-14(9-13)17-10-15(3,4)11-17/h6-9,12,16H,5,10-11H2,1-4H3. The minimum Gasteiger partial charge on any atom is -0.370 e. The molecule has 0 spiro atoms. The van der Waals surface area contributed by atoms with Crippen LogP contribution in [-0.4, -0.2) is 19.6 Å². The van der Waals surface area contributed by atoms with Crippen LogP contribution in [0.4, 0.5) is 5.69 Å². The molecule has 2 rings (SSSR count). The monoisotopic (exact) mass is 232 g/mol. The van der Waals surface area contributed by atoms with Crippen LogP contribution in [0.2, 0.25) is 0 Å². The van der Waals surface area contributed by atoms with Gasteiger partial charge >= 0.3 is 0 Å². The van der Waals surface area contributed by atoms with Crippen LogP contribution in [0.5, 0.6) is 0 Å². The van der Waals surface area contributed by atoms with Gasteiger partial charge in [0.25, 0.3) is 0 Å². The van der Waals surface area contributed by atoms with Crippen molar-refractivity contribution < 1.29 is 0 Å². The molecule has 0 aliphatic carbocycles. The second kappa shape index (κ2) is 4.69. The van der Waals surface area contributed by atoms with E-state index >= 15 is 0 Å². The van der Waals surface area contributed by atoms with Gasteiger partial charge in [-0.2, -0.15) is 0 Å². The Morgan fingerprint density at radius 3 is 2.65 bits per heavy atom. The number of nitrogens with zero attached hydrogens (tertiary/aromatic N) is 1. The van der Waals surface area contributed by atoms with Crippen LogP contribution in [0.1, 0.15) is 39.3 Å². The van der Waals surface area contributed by atoms with E-state index in [1.807, 2.05) is 0 Å². The molecule has 1 saturated heterocycles. The summed E-state index contributed by atoms with van der Waals surface area (Å²) in [5.74, 6) is 0. The van der Waals surface area contributed by atoms with Gasteiger partial charge in [0, 0.05) is 24.8 Å². The molecule has 1 fully saturated rings. The average molecular weight is 232 g/mol.